The maximum Gasteiger partial charge on any atom is 0.234 e. The highest BCUT2D eigenvalue weighted by atomic mass is 16.1. The molecule has 0 aromatic carbocycles. The van der Waals surface area contributed by atoms with Gasteiger partial charge in [-0.25, -0.2) is 0 Å². The lowest BCUT2D eigenvalue weighted by Gasteiger charge is -2.16. The number of nitrogens with one attached hydrogen (secondary N) is 1. The van der Waals surface area contributed by atoms with Gasteiger partial charge in [-0.2, -0.15) is 0 Å². The Kier molecular flexibility index (Phi) is 8.38. The largest absolute Gasteiger partial charge is 0.368 e. The first-order valence-electron chi connectivity index (χ1n) is 6.14. The van der Waals surface area contributed by atoms with E-state index in [1.165, 1.54) is 25.7 Å². The first kappa shape index (κ1) is 14.4. The Labute approximate surface area is 93.8 Å². The Balaban J connectivity index is 3.57. The fraction of sp³-hybridized carbons (Fsp3) is 0.917. The van der Waals surface area contributed by atoms with Crippen LogP contribution in [0.4, 0.5) is 0 Å². The summed E-state index contributed by atoms with van der Waals surface area (Å²) in [5, 5.41) is 3.15. The predicted molar refractivity (Wildman–Crippen MR) is 64.6 cm³/mol. The van der Waals surface area contributed by atoms with Crippen LogP contribution in [0.15, 0.2) is 0 Å². The van der Waals surface area contributed by atoms with Crippen LogP contribution in [0.2, 0.25) is 0 Å². The van der Waals surface area contributed by atoms with E-state index in [-0.39, 0.29) is 11.9 Å². The topological polar surface area (TPSA) is 55.1 Å². The number of hydrogen-bond acceptors (Lipinski definition) is 2. The normalized spacial score (nSPS) is 14.9. The van der Waals surface area contributed by atoms with E-state index in [9.17, 15) is 4.79 Å². The molecule has 3 N–H and O–H groups in total. The Hall–Kier alpha value is -0.570. The van der Waals surface area contributed by atoms with Gasteiger partial charge in [-0.05, 0) is 25.8 Å². The third-order valence-electron chi connectivity index (χ3n) is 2.97. The minimum atomic E-state index is -0.267. The average molecular weight is 214 g/mol. The van der Waals surface area contributed by atoms with E-state index in [0.717, 1.165) is 18.9 Å². The number of primary amides is 1. The van der Waals surface area contributed by atoms with Gasteiger partial charge in [0.2, 0.25) is 5.91 Å². The molecule has 0 aromatic heterocycles. The Morgan fingerprint density at radius 2 is 2.00 bits per heavy atom. The summed E-state index contributed by atoms with van der Waals surface area (Å²) < 4.78 is 0. The van der Waals surface area contributed by atoms with Gasteiger partial charge < -0.3 is 11.1 Å². The van der Waals surface area contributed by atoms with Gasteiger partial charge in [0.15, 0.2) is 0 Å². The molecule has 90 valence electrons. The van der Waals surface area contributed by atoms with Crippen molar-refractivity contribution in [2.75, 3.05) is 6.54 Å². The Morgan fingerprint density at radius 1 is 1.33 bits per heavy atom. The van der Waals surface area contributed by atoms with Crippen molar-refractivity contribution < 1.29 is 4.79 Å². The smallest absolute Gasteiger partial charge is 0.234 e. The second kappa shape index (κ2) is 8.72. The third-order valence-corrected chi connectivity index (χ3v) is 2.97. The number of nitrogens with two attached hydrogens (primary N) is 1. The first-order chi connectivity index (χ1) is 7.11. The van der Waals surface area contributed by atoms with E-state index in [1.807, 2.05) is 6.92 Å². The first-order valence-corrected chi connectivity index (χ1v) is 6.14. The van der Waals surface area contributed by atoms with E-state index in [0.29, 0.717) is 0 Å². The zero-order valence-corrected chi connectivity index (χ0v) is 10.4. The van der Waals surface area contributed by atoms with Gasteiger partial charge in [0.05, 0.1) is 6.04 Å². The summed E-state index contributed by atoms with van der Waals surface area (Å²) in [6, 6.07) is -0.200. The number of rotatable bonds is 9. The number of unbranched alkanes of at least 4 members (excludes halogenated alkanes) is 1. The van der Waals surface area contributed by atoms with Gasteiger partial charge in [-0.15, -0.1) is 0 Å². The molecule has 0 saturated carbocycles. The number of carbonyl (C=O) groups is 1. The molecule has 0 fully saturated rings. The molecule has 3 heteroatoms. The van der Waals surface area contributed by atoms with Crippen LogP contribution in [0.25, 0.3) is 0 Å². The second-order valence-electron chi connectivity index (χ2n) is 4.28. The summed E-state index contributed by atoms with van der Waals surface area (Å²) in [6.45, 7) is 7.17. The maximum atomic E-state index is 10.8. The number of amides is 1. The van der Waals surface area contributed by atoms with Crippen LogP contribution in [-0.4, -0.2) is 18.5 Å². The zero-order valence-electron chi connectivity index (χ0n) is 10.4. The molecule has 3 nitrogen and oxygen atoms in total. The molecule has 2 unspecified atom stereocenters. The monoisotopic (exact) mass is 214 g/mol. The fourth-order valence-electron chi connectivity index (χ4n) is 1.65. The minimum Gasteiger partial charge on any atom is -0.368 e. The molecule has 15 heavy (non-hydrogen) atoms. The zero-order chi connectivity index (χ0) is 11.7. The van der Waals surface area contributed by atoms with Crippen molar-refractivity contribution in [2.24, 2.45) is 11.7 Å². The molecule has 0 aliphatic carbocycles. The van der Waals surface area contributed by atoms with Crippen molar-refractivity contribution in [3.63, 3.8) is 0 Å². The number of hydrogen-bond donors (Lipinski definition) is 2. The number of carbonyl (C=O) groups excluding carboxylic acids is 1. The summed E-state index contributed by atoms with van der Waals surface area (Å²) in [4.78, 5) is 10.8. The van der Waals surface area contributed by atoms with E-state index in [2.05, 4.69) is 19.2 Å². The van der Waals surface area contributed by atoms with Crippen LogP contribution in [0.5, 0.6) is 0 Å². The average Bonchev–Trinajstić information content (AvgIpc) is 2.22. The molecule has 0 rings (SSSR count). The summed E-state index contributed by atoms with van der Waals surface area (Å²) in [6.07, 6.45) is 6.26. The summed E-state index contributed by atoms with van der Waals surface area (Å²) >= 11 is 0. The van der Waals surface area contributed by atoms with E-state index in [4.69, 9.17) is 5.73 Å². The van der Waals surface area contributed by atoms with Crippen LogP contribution < -0.4 is 11.1 Å². The molecule has 0 aliphatic heterocycles. The second-order valence-corrected chi connectivity index (χ2v) is 4.28. The van der Waals surface area contributed by atoms with Crippen molar-refractivity contribution in [1.29, 1.82) is 0 Å². The highest BCUT2D eigenvalue weighted by molar-refractivity contribution is 5.79. The van der Waals surface area contributed by atoms with E-state index >= 15 is 0 Å². The lowest BCUT2D eigenvalue weighted by molar-refractivity contribution is -0.119. The fourth-order valence-corrected chi connectivity index (χ4v) is 1.65. The third kappa shape index (κ3) is 7.37. The highest BCUT2D eigenvalue weighted by Crippen LogP contribution is 2.15. The molecule has 0 aromatic rings. The molecule has 1 amide bonds. The van der Waals surface area contributed by atoms with Crippen molar-refractivity contribution in [2.45, 2.75) is 58.9 Å². The van der Waals surface area contributed by atoms with Crippen LogP contribution in [0, 0.1) is 5.92 Å². The van der Waals surface area contributed by atoms with Gasteiger partial charge in [-0.3, -0.25) is 4.79 Å². The van der Waals surface area contributed by atoms with Crippen molar-refractivity contribution in [1.82, 2.24) is 5.32 Å². The summed E-state index contributed by atoms with van der Waals surface area (Å²) in [5.41, 5.74) is 5.16. The van der Waals surface area contributed by atoms with Crippen LogP contribution in [0.1, 0.15) is 52.9 Å². The van der Waals surface area contributed by atoms with Crippen molar-refractivity contribution in [3.8, 4) is 0 Å². The summed E-state index contributed by atoms with van der Waals surface area (Å²) in [7, 11) is 0. The van der Waals surface area contributed by atoms with Crippen molar-refractivity contribution in [3.05, 3.63) is 0 Å². The molecule has 0 heterocycles. The Morgan fingerprint density at radius 3 is 2.47 bits per heavy atom. The molecule has 0 saturated heterocycles. The maximum absolute atomic E-state index is 10.8. The van der Waals surface area contributed by atoms with Crippen LogP contribution in [0.3, 0.4) is 0 Å². The molecule has 0 aliphatic rings. The summed E-state index contributed by atoms with van der Waals surface area (Å²) in [5.74, 6) is 0.522. The van der Waals surface area contributed by atoms with Crippen molar-refractivity contribution >= 4 is 5.91 Å². The van der Waals surface area contributed by atoms with Gasteiger partial charge in [-0.1, -0.05) is 39.5 Å². The van der Waals surface area contributed by atoms with Gasteiger partial charge in [0.1, 0.15) is 0 Å². The van der Waals surface area contributed by atoms with Crippen LogP contribution in [-0.2, 0) is 4.79 Å². The lowest BCUT2D eigenvalue weighted by Crippen LogP contribution is -2.39. The lowest BCUT2D eigenvalue weighted by atomic mass is 9.96. The van der Waals surface area contributed by atoms with E-state index < -0.39 is 0 Å². The van der Waals surface area contributed by atoms with Gasteiger partial charge in [0.25, 0.3) is 0 Å². The molecule has 2 atom stereocenters. The quantitative estimate of drug-likeness (QED) is 0.617. The van der Waals surface area contributed by atoms with Gasteiger partial charge in [0, 0.05) is 0 Å². The predicted octanol–water partition coefficient (Wildman–Crippen LogP) is 2.06. The highest BCUT2D eigenvalue weighted by Gasteiger charge is 2.09. The van der Waals surface area contributed by atoms with Gasteiger partial charge >= 0.3 is 0 Å². The molecule has 0 spiro atoms. The molecule has 0 radical (unpaired) electrons. The Bertz CT molecular complexity index is 171. The minimum absolute atomic E-state index is 0.200. The molecular weight excluding hydrogens is 188 g/mol. The van der Waals surface area contributed by atoms with Crippen LogP contribution >= 0.6 is 0 Å². The SMILES string of the molecule is CCCCC(CC)CCNC(C)C(N)=O. The van der Waals surface area contributed by atoms with E-state index in [1.54, 1.807) is 0 Å². The molecular formula is C12H26N2O. The standard InChI is InChI=1S/C12H26N2O/c1-4-6-7-11(5-2)8-9-14-10(3)12(13)15/h10-11,14H,4-9H2,1-3H3,(H2,13,15). The molecule has 0 bridgehead atoms.